The minimum atomic E-state index is 0.945. The molecule has 2 aromatic rings. The summed E-state index contributed by atoms with van der Waals surface area (Å²) in [5, 5.41) is 2.07. The number of aromatic nitrogens is 2. The molecule has 0 radical (unpaired) electrons. The molecule has 0 aliphatic rings. The molecule has 0 atom stereocenters. The van der Waals surface area contributed by atoms with Crippen molar-refractivity contribution in [2.24, 2.45) is 0 Å². The van der Waals surface area contributed by atoms with Crippen molar-refractivity contribution in [1.29, 1.82) is 0 Å². The van der Waals surface area contributed by atoms with Gasteiger partial charge in [0.25, 0.3) is 0 Å². The zero-order valence-corrected chi connectivity index (χ0v) is 9.44. The number of aryl methyl sites for hydroxylation is 1. The number of nitrogens with zero attached hydrogens (tertiary/aromatic N) is 2. The lowest BCUT2D eigenvalue weighted by Gasteiger charge is -1.96. The Morgan fingerprint density at radius 1 is 1.50 bits per heavy atom. The van der Waals surface area contributed by atoms with Crippen LogP contribution >= 0.6 is 23.1 Å². The van der Waals surface area contributed by atoms with E-state index in [9.17, 15) is 0 Å². The monoisotopic (exact) mass is 222 g/mol. The van der Waals surface area contributed by atoms with E-state index in [0.717, 1.165) is 15.8 Å². The van der Waals surface area contributed by atoms with Gasteiger partial charge in [0.05, 0.1) is 0 Å². The van der Waals surface area contributed by atoms with Crippen LogP contribution in [0.15, 0.2) is 34.2 Å². The molecule has 0 aliphatic heterocycles. The zero-order chi connectivity index (χ0) is 9.80. The Hall–Kier alpha value is -0.870. The number of hydrogen-bond donors (Lipinski definition) is 0. The van der Waals surface area contributed by atoms with Crippen molar-refractivity contribution in [3.63, 3.8) is 0 Å². The maximum absolute atomic E-state index is 4.39. The second-order valence-corrected chi connectivity index (χ2v) is 4.99. The summed E-state index contributed by atoms with van der Waals surface area (Å²) in [6.45, 7) is 2.02. The largest absolute Gasteiger partial charge is 0.264 e. The Morgan fingerprint density at radius 3 is 3.07 bits per heavy atom. The van der Waals surface area contributed by atoms with Gasteiger partial charge in [0, 0.05) is 29.2 Å². The van der Waals surface area contributed by atoms with E-state index in [-0.39, 0.29) is 0 Å². The van der Waals surface area contributed by atoms with Gasteiger partial charge in [-0.2, -0.15) is 0 Å². The number of hydrogen-bond acceptors (Lipinski definition) is 4. The Balaban J connectivity index is 1.95. The van der Waals surface area contributed by atoms with Crippen molar-refractivity contribution < 1.29 is 0 Å². The highest BCUT2D eigenvalue weighted by Crippen LogP contribution is 2.25. The average molecular weight is 222 g/mol. The highest BCUT2D eigenvalue weighted by atomic mass is 32.2. The van der Waals surface area contributed by atoms with E-state index in [1.54, 1.807) is 29.3 Å². The molecule has 72 valence electrons. The Bertz CT molecular complexity index is 398. The molecule has 0 saturated heterocycles. The minimum Gasteiger partial charge on any atom is -0.264 e. The van der Waals surface area contributed by atoms with Crippen LogP contribution in [0.2, 0.25) is 0 Å². The molecule has 0 amide bonds. The first-order chi connectivity index (χ1) is 6.84. The summed E-state index contributed by atoms with van der Waals surface area (Å²) in [7, 11) is 0. The molecule has 0 aliphatic carbocycles. The molecular formula is C10H10N2S2. The molecular weight excluding hydrogens is 212 g/mol. The molecule has 0 unspecified atom stereocenters. The first kappa shape index (κ1) is 9.68. The molecule has 14 heavy (non-hydrogen) atoms. The van der Waals surface area contributed by atoms with Gasteiger partial charge < -0.3 is 0 Å². The van der Waals surface area contributed by atoms with Crippen molar-refractivity contribution in [2.75, 3.05) is 0 Å². The predicted molar refractivity (Wildman–Crippen MR) is 60.6 cm³/mol. The fourth-order valence-corrected chi connectivity index (χ4v) is 2.81. The van der Waals surface area contributed by atoms with Crippen LogP contribution in [-0.2, 0) is 5.75 Å². The van der Waals surface area contributed by atoms with Crippen LogP contribution in [0.25, 0.3) is 0 Å². The molecule has 0 fully saturated rings. The van der Waals surface area contributed by atoms with Crippen LogP contribution in [0.5, 0.6) is 0 Å². The van der Waals surface area contributed by atoms with Crippen LogP contribution in [0.4, 0.5) is 0 Å². The second-order valence-electron chi connectivity index (χ2n) is 2.90. The van der Waals surface area contributed by atoms with E-state index in [0.29, 0.717) is 0 Å². The van der Waals surface area contributed by atoms with Crippen LogP contribution in [0, 0.1) is 6.92 Å². The molecule has 0 spiro atoms. The maximum Gasteiger partial charge on any atom is 0.150 e. The number of thioether (sulfide) groups is 1. The normalized spacial score (nSPS) is 10.4. The van der Waals surface area contributed by atoms with Crippen molar-refractivity contribution >= 4 is 23.1 Å². The van der Waals surface area contributed by atoms with Crippen LogP contribution in [0.1, 0.15) is 11.3 Å². The Labute approximate surface area is 91.4 Å². The third-order valence-electron chi connectivity index (χ3n) is 1.68. The molecule has 2 aromatic heterocycles. The number of rotatable bonds is 3. The standard InChI is InChI=1S/C10H10N2S2/c1-8-6-13-10(12-8)14-7-9-3-2-4-11-5-9/h2-6H,7H2,1H3. The molecule has 2 rings (SSSR count). The first-order valence-corrected chi connectivity index (χ1v) is 6.15. The van der Waals surface area contributed by atoms with Gasteiger partial charge in [-0.25, -0.2) is 4.98 Å². The van der Waals surface area contributed by atoms with E-state index < -0.39 is 0 Å². The third kappa shape index (κ3) is 2.56. The number of thiazole rings is 1. The Kier molecular flexibility index (Phi) is 3.16. The maximum atomic E-state index is 4.39. The summed E-state index contributed by atoms with van der Waals surface area (Å²) in [5.41, 5.74) is 2.34. The lowest BCUT2D eigenvalue weighted by molar-refractivity contribution is 1.15. The summed E-state index contributed by atoms with van der Waals surface area (Å²) in [5.74, 6) is 0.945. The fraction of sp³-hybridized carbons (Fsp3) is 0.200. The van der Waals surface area contributed by atoms with Gasteiger partial charge in [-0.1, -0.05) is 17.8 Å². The Morgan fingerprint density at radius 2 is 2.43 bits per heavy atom. The fourth-order valence-electron chi connectivity index (χ4n) is 1.03. The molecule has 0 bridgehead atoms. The first-order valence-electron chi connectivity index (χ1n) is 4.28. The minimum absolute atomic E-state index is 0.945. The van der Waals surface area contributed by atoms with Gasteiger partial charge >= 0.3 is 0 Å². The molecule has 4 heteroatoms. The number of pyridine rings is 1. The van der Waals surface area contributed by atoms with Gasteiger partial charge in [0.15, 0.2) is 0 Å². The average Bonchev–Trinajstić information content (AvgIpc) is 2.63. The summed E-state index contributed by atoms with van der Waals surface area (Å²) >= 11 is 3.46. The van der Waals surface area contributed by atoms with Crippen LogP contribution in [0.3, 0.4) is 0 Å². The summed E-state index contributed by atoms with van der Waals surface area (Å²) in [6.07, 6.45) is 3.69. The van der Waals surface area contributed by atoms with Gasteiger partial charge in [-0.3, -0.25) is 4.98 Å². The van der Waals surface area contributed by atoms with Crippen molar-refractivity contribution in [2.45, 2.75) is 17.0 Å². The smallest absolute Gasteiger partial charge is 0.150 e. The highest BCUT2D eigenvalue weighted by Gasteiger charge is 1.99. The van der Waals surface area contributed by atoms with Gasteiger partial charge in [-0.15, -0.1) is 11.3 Å². The lowest BCUT2D eigenvalue weighted by Crippen LogP contribution is -1.81. The topological polar surface area (TPSA) is 25.8 Å². The van der Waals surface area contributed by atoms with Gasteiger partial charge in [-0.05, 0) is 18.6 Å². The van der Waals surface area contributed by atoms with E-state index in [1.165, 1.54) is 5.56 Å². The third-order valence-corrected chi connectivity index (χ3v) is 3.89. The summed E-state index contributed by atoms with van der Waals surface area (Å²) < 4.78 is 1.13. The van der Waals surface area contributed by atoms with Crippen molar-refractivity contribution in [1.82, 2.24) is 9.97 Å². The quantitative estimate of drug-likeness (QED) is 0.746. The predicted octanol–water partition coefficient (Wildman–Crippen LogP) is 3.14. The van der Waals surface area contributed by atoms with E-state index in [1.807, 2.05) is 19.2 Å². The van der Waals surface area contributed by atoms with Crippen molar-refractivity contribution in [3.8, 4) is 0 Å². The van der Waals surface area contributed by atoms with Crippen LogP contribution in [-0.4, -0.2) is 9.97 Å². The molecule has 0 aromatic carbocycles. The lowest BCUT2D eigenvalue weighted by atomic mass is 10.3. The second kappa shape index (κ2) is 4.57. The molecule has 0 N–H and O–H groups in total. The molecule has 0 saturated carbocycles. The zero-order valence-electron chi connectivity index (χ0n) is 7.80. The van der Waals surface area contributed by atoms with Crippen LogP contribution < -0.4 is 0 Å². The van der Waals surface area contributed by atoms with Gasteiger partial charge in [0.2, 0.25) is 0 Å². The molecule has 2 heterocycles. The highest BCUT2D eigenvalue weighted by molar-refractivity contribution is 8.00. The van der Waals surface area contributed by atoms with Crippen molar-refractivity contribution in [3.05, 3.63) is 41.2 Å². The van der Waals surface area contributed by atoms with E-state index in [4.69, 9.17) is 0 Å². The summed E-state index contributed by atoms with van der Waals surface area (Å²) in [6, 6.07) is 4.05. The van der Waals surface area contributed by atoms with E-state index >= 15 is 0 Å². The molecule has 2 nitrogen and oxygen atoms in total. The summed E-state index contributed by atoms with van der Waals surface area (Å²) in [4.78, 5) is 8.46. The van der Waals surface area contributed by atoms with Gasteiger partial charge in [0.1, 0.15) is 4.34 Å². The SMILES string of the molecule is Cc1csc(SCc2cccnc2)n1. The van der Waals surface area contributed by atoms with E-state index in [2.05, 4.69) is 21.4 Å².